The van der Waals surface area contributed by atoms with Crippen molar-refractivity contribution in [2.75, 3.05) is 6.61 Å². The van der Waals surface area contributed by atoms with Gasteiger partial charge in [0.1, 0.15) is 24.4 Å². The molecule has 0 saturated heterocycles. The molecule has 0 fully saturated rings. The van der Waals surface area contributed by atoms with Gasteiger partial charge in [-0.1, -0.05) is 6.92 Å². The summed E-state index contributed by atoms with van der Waals surface area (Å²) in [6, 6.07) is 0. The molecule has 0 radical (unpaired) electrons. The van der Waals surface area contributed by atoms with E-state index in [4.69, 9.17) is 10.2 Å². The molecule has 1 unspecified atom stereocenters. The van der Waals surface area contributed by atoms with E-state index in [0.717, 1.165) is 0 Å². The van der Waals surface area contributed by atoms with E-state index in [1.165, 1.54) is 0 Å². The highest BCUT2D eigenvalue weighted by Gasteiger charge is 2.35. The van der Waals surface area contributed by atoms with Crippen molar-refractivity contribution >= 4 is 5.97 Å². The van der Waals surface area contributed by atoms with Gasteiger partial charge in [0.15, 0.2) is 0 Å². The highest BCUT2D eigenvalue weighted by Crippen LogP contribution is 2.10. The number of carbonyl (C=O) groups excluding carboxylic acids is 1. The van der Waals surface area contributed by atoms with Gasteiger partial charge in [-0.05, 0) is 6.42 Å². The van der Waals surface area contributed by atoms with Gasteiger partial charge in [-0.25, -0.2) is 0 Å². The van der Waals surface area contributed by atoms with Crippen molar-refractivity contribution in [3.63, 3.8) is 0 Å². The van der Waals surface area contributed by atoms with Crippen molar-refractivity contribution in [3.05, 3.63) is 0 Å². The lowest BCUT2D eigenvalue weighted by Crippen LogP contribution is -2.50. The van der Waals surface area contributed by atoms with Gasteiger partial charge in [0.2, 0.25) is 6.29 Å². The first kappa shape index (κ1) is 17.2. The molecule has 0 aliphatic carbocycles. The predicted octanol–water partition coefficient (Wildman–Crippen LogP) is -2.92. The third kappa shape index (κ3) is 5.25. The van der Waals surface area contributed by atoms with Crippen molar-refractivity contribution in [2.24, 2.45) is 0 Å². The predicted molar refractivity (Wildman–Crippen MR) is 58.1 cm³/mol. The summed E-state index contributed by atoms with van der Waals surface area (Å²) >= 11 is 0. The van der Waals surface area contributed by atoms with Crippen molar-refractivity contribution in [3.8, 4) is 0 Å². The van der Waals surface area contributed by atoms with Gasteiger partial charge >= 0.3 is 5.97 Å². The molecule has 0 aliphatic heterocycles. The number of esters is 1. The van der Waals surface area contributed by atoms with Gasteiger partial charge in [0.25, 0.3) is 0 Å². The van der Waals surface area contributed by atoms with Crippen molar-refractivity contribution in [2.45, 2.75) is 50.5 Å². The second-order valence-electron chi connectivity index (χ2n) is 3.85. The molecule has 8 heteroatoms. The molecule has 0 aromatic heterocycles. The maximum Gasteiger partial charge on any atom is 0.308 e. The first-order valence-corrected chi connectivity index (χ1v) is 5.55. The molecule has 0 bridgehead atoms. The molecule has 0 heterocycles. The fraction of sp³-hybridized carbons (Fsp3) is 0.900. The van der Waals surface area contributed by atoms with Gasteiger partial charge in [0.05, 0.1) is 6.61 Å². The summed E-state index contributed by atoms with van der Waals surface area (Å²) in [7, 11) is 0. The lowest BCUT2D eigenvalue weighted by molar-refractivity contribution is -0.213. The average molecular weight is 268 g/mol. The number of aliphatic hydroxyl groups is 6. The summed E-state index contributed by atoms with van der Waals surface area (Å²) in [6.07, 6.45) is -9.06. The molecule has 0 aromatic carbocycles. The topological polar surface area (TPSA) is 148 Å². The summed E-state index contributed by atoms with van der Waals surface area (Å²) in [5, 5.41) is 54.9. The maximum absolute atomic E-state index is 11.0. The minimum Gasteiger partial charge on any atom is -0.433 e. The third-order valence-electron chi connectivity index (χ3n) is 2.28. The number of hydrogen-bond acceptors (Lipinski definition) is 8. The Morgan fingerprint density at radius 1 is 1.06 bits per heavy atom. The van der Waals surface area contributed by atoms with Crippen LogP contribution in [0.1, 0.15) is 19.8 Å². The largest absolute Gasteiger partial charge is 0.433 e. The van der Waals surface area contributed by atoms with Crippen LogP contribution in [0.3, 0.4) is 0 Å². The second kappa shape index (κ2) is 8.35. The number of rotatable bonds is 8. The Bertz CT molecular complexity index is 246. The zero-order chi connectivity index (χ0) is 14.3. The van der Waals surface area contributed by atoms with E-state index >= 15 is 0 Å². The summed E-state index contributed by atoms with van der Waals surface area (Å²) in [4.78, 5) is 11.0. The first-order valence-electron chi connectivity index (χ1n) is 5.55. The van der Waals surface area contributed by atoms with E-state index in [1.54, 1.807) is 6.92 Å². The molecule has 108 valence electrons. The van der Waals surface area contributed by atoms with Crippen LogP contribution in [0.15, 0.2) is 0 Å². The van der Waals surface area contributed by atoms with Crippen LogP contribution in [0.25, 0.3) is 0 Å². The van der Waals surface area contributed by atoms with Crippen molar-refractivity contribution in [1.82, 2.24) is 0 Å². The van der Waals surface area contributed by atoms with Crippen molar-refractivity contribution < 1.29 is 40.2 Å². The quantitative estimate of drug-likeness (QED) is 0.203. The highest BCUT2D eigenvalue weighted by atomic mass is 16.6. The molecule has 0 spiro atoms. The van der Waals surface area contributed by atoms with E-state index < -0.39 is 43.3 Å². The molecule has 0 rings (SSSR count). The van der Waals surface area contributed by atoms with E-state index in [0.29, 0.717) is 6.42 Å². The summed E-state index contributed by atoms with van der Waals surface area (Å²) in [6.45, 7) is 0.872. The smallest absolute Gasteiger partial charge is 0.308 e. The maximum atomic E-state index is 11.0. The number of aliphatic hydroxyl groups excluding tert-OH is 6. The SMILES string of the molecule is CCCC(=O)OC(O)[C@H](O)[C@H](O)[C@H](O)[C@@H](O)CO. The molecule has 5 atom stereocenters. The Kier molecular flexibility index (Phi) is 8.00. The lowest BCUT2D eigenvalue weighted by Gasteiger charge is -2.27. The van der Waals surface area contributed by atoms with Gasteiger partial charge < -0.3 is 35.4 Å². The highest BCUT2D eigenvalue weighted by molar-refractivity contribution is 5.69. The van der Waals surface area contributed by atoms with Crippen LogP contribution < -0.4 is 0 Å². The van der Waals surface area contributed by atoms with Crippen LogP contribution in [0.2, 0.25) is 0 Å². The van der Waals surface area contributed by atoms with E-state index in [-0.39, 0.29) is 6.42 Å². The minimum absolute atomic E-state index is 0.0295. The average Bonchev–Trinajstić information content (AvgIpc) is 2.35. The Balaban J connectivity index is 4.35. The lowest BCUT2D eigenvalue weighted by atomic mass is 10.0. The summed E-state index contributed by atoms with van der Waals surface area (Å²) in [5.74, 6) is -0.770. The standard InChI is InChI=1S/C10H20O8/c1-2-3-6(13)18-10(17)9(16)8(15)7(14)5(12)4-11/h5,7-12,14-17H,2-4H2,1H3/t5-,7+,8+,9+,10?/m0/s1. The van der Waals surface area contributed by atoms with Gasteiger partial charge in [-0.15, -0.1) is 0 Å². The number of carbonyl (C=O) groups is 1. The zero-order valence-electron chi connectivity index (χ0n) is 10.0. The van der Waals surface area contributed by atoms with Crippen LogP contribution in [0.4, 0.5) is 0 Å². The molecular weight excluding hydrogens is 248 g/mol. The molecule has 18 heavy (non-hydrogen) atoms. The Hall–Kier alpha value is -0.770. The Morgan fingerprint density at radius 3 is 2.06 bits per heavy atom. The molecular formula is C10H20O8. The van der Waals surface area contributed by atoms with Gasteiger partial charge in [-0.2, -0.15) is 0 Å². The molecule has 0 saturated carbocycles. The Morgan fingerprint density at radius 2 is 1.61 bits per heavy atom. The van der Waals surface area contributed by atoms with Crippen LogP contribution in [0, 0.1) is 0 Å². The van der Waals surface area contributed by atoms with Crippen LogP contribution in [-0.4, -0.2) is 73.9 Å². The number of hydrogen-bond donors (Lipinski definition) is 6. The normalized spacial score (nSPS) is 19.7. The fourth-order valence-corrected chi connectivity index (χ4v) is 1.17. The zero-order valence-corrected chi connectivity index (χ0v) is 10.0. The summed E-state index contributed by atoms with van der Waals surface area (Å²) < 4.78 is 4.39. The Labute approximate surface area is 104 Å². The van der Waals surface area contributed by atoms with Crippen LogP contribution in [-0.2, 0) is 9.53 Å². The van der Waals surface area contributed by atoms with Gasteiger partial charge in [-0.3, -0.25) is 4.79 Å². The first-order chi connectivity index (χ1) is 8.34. The minimum atomic E-state index is -2.03. The monoisotopic (exact) mass is 268 g/mol. The molecule has 0 aromatic rings. The molecule has 6 N–H and O–H groups in total. The molecule has 8 nitrogen and oxygen atoms in total. The third-order valence-corrected chi connectivity index (χ3v) is 2.28. The van der Waals surface area contributed by atoms with Gasteiger partial charge in [0, 0.05) is 6.42 Å². The molecule has 0 aliphatic rings. The number of ether oxygens (including phenoxy) is 1. The van der Waals surface area contributed by atoms with E-state index in [1.807, 2.05) is 0 Å². The van der Waals surface area contributed by atoms with E-state index in [2.05, 4.69) is 4.74 Å². The van der Waals surface area contributed by atoms with Crippen LogP contribution in [0.5, 0.6) is 0 Å². The van der Waals surface area contributed by atoms with Crippen LogP contribution >= 0.6 is 0 Å². The summed E-state index contributed by atoms with van der Waals surface area (Å²) in [5.41, 5.74) is 0. The second-order valence-corrected chi connectivity index (χ2v) is 3.85. The van der Waals surface area contributed by atoms with E-state index in [9.17, 15) is 25.2 Å². The fourth-order valence-electron chi connectivity index (χ4n) is 1.17. The van der Waals surface area contributed by atoms with Crippen molar-refractivity contribution in [1.29, 1.82) is 0 Å². The molecule has 0 amide bonds.